The number of benzene rings is 1. The Hall–Kier alpha value is -2.31. The molecule has 1 saturated heterocycles. The highest BCUT2D eigenvalue weighted by Crippen LogP contribution is 2.23. The van der Waals surface area contributed by atoms with Crippen molar-refractivity contribution in [3.63, 3.8) is 0 Å². The van der Waals surface area contributed by atoms with Crippen LogP contribution in [-0.4, -0.2) is 51.9 Å². The van der Waals surface area contributed by atoms with E-state index in [9.17, 15) is 4.79 Å². The minimum Gasteiger partial charge on any atom is -0.340 e. The highest BCUT2D eigenvalue weighted by Gasteiger charge is 2.20. The Balaban J connectivity index is 1.15. The van der Waals surface area contributed by atoms with E-state index >= 15 is 0 Å². The lowest BCUT2D eigenvalue weighted by Crippen LogP contribution is -2.48. The first-order valence-electron chi connectivity index (χ1n) is 10.0. The maximum atomic E-state index is 12.5. The van der Waals surface area contributed by atoms with E-state index in [4.69, 9.17) is 0 Å². The van der Waals surface area contributed by atoms with Gasteiger partial charge in [0, 0.05) is 51.5 Å². The Morgan fingerprint density at radius 1 is 1.00 bits per heavy atom. The van der Waals surface area contributed by atoms with Gasteiger partial charge in [0.2, 0.25) is 5.91 Å². The fourth-order valence-electron chi connectivity index (χ4n) is 3.64. The van der Waals surface area contributed by atoms with Gasteiger partial charge in [-0.3, -0.25) is 14.7 Å². The van der Waals surface area contributed by atoms with Crippen molar-refractivity contribution in [1.82, 2.24) is 19.8 Å². The van der Waals surface area contributed by atoms with Gasteiger partial charge in [-0.1, -0.05) is 12.1 Å². The summed E-state index contributed by atoms with van der Waals surface area (Å²) in [5, 5.41) is 1.18. The van der Waals surface area contributed by atoms with Crippen molar-refractivity contribution in [1.29, 1.82) is 0 Å². The number of aryl methyl sites for hydroxylation is 1. The van der Waals surface area contributed by atoms with Crippen molar-refractivity contribution in [2.24, 2.45) is 0 Å². The minimum absolute atomic E-state index is 0.299. The molecule has 28 heavy (non-hydrogen) atoms. The number of fused-ring (bicyclic) bond motifs is 1. The summed E-state index contributed by atoms with van der Waals surface area (Å²) < 4.78 is 1.25. The number of amides is 1. The molecule has 0 atom stereocenters. The van der Waals surface area contributed by atoms with Crippen LogP contribution in [-0.2, 0) is 17.8 Å². The van der Waals surface area contributed by atoms with Gasteiger partial charge in [0.25, 0.3) is 0 Å². The lowest BCUT2D eigenvalue weighted by atomic mass is 10.1. The van der Waals surface area contributed by atoms with Crippen LogP contribution in [0.3, 0.4) is 0 Å². The Kier molecular flexibility index (Phi) is 6.29. The lowest BCUT2D eigenvalue weighted by Gasteiger charge is -2.34. The summed E-state index contributed by atoms with van der Waals surface area (Å²) in [5.41, 5.74) is 2.37. The molecule has 0 bridgehead atoms. The molecule has 0 radical (unpaired) electrons. The largest absolute Gasteiger partial charge is 0.340 e. The molecular formula is C22H26N4OS. The number of piperazine rings is 1. The first kappa shape index (κ1) is 19.0. The third-order valence-corrected chi connectivity index (χ3v) is 6.35. The Labute approximate surface area is 170 Å². The number of pyridine rings is 1. The number of aromatic nitrogens is 2. The van der Waals surface area contributed by atoms with Crippen LogP contribution in [0.25, 0.3) is 10.2 Å². The average Bonchev–Trinajstić information content (AvgIpc) is 3.15. The predicted molar refractivity (Wildman–Crippen MR) is 113 cm³/mol. The summed E-state index contributed by atoms with van der Waals surface area (Å²) in [6.45, 7) is 4.50. The Bertz CT molecular complexity index is 870. The van der Waals surface area contributed by atoms with E-state index in [0.717, 1.165) is 57.5 Å². The van der Waals surface area contributed by atoms with Crippen molar-refractivity contribution in [2.45, 2.75) is 32.2 Å². The summed E-state index contributed by atoms with van der Waals surface area (Å²) in [6.07, 6.45) is 7.24. The number of rotatable bonds is 7. The number of unbranched alkanes of at least 4 members (excludes halogenated alkanes) is 1. The van der Waals surface area contributed by atoms with Crippen molar-refractivity contribution >= 4 is 27.5 Å². The van der Waals surface area contributed by atoms with E-state index in [1.807, 2.05) is 23.4 Å². The highest BCUT2D eigenvalue weighted by atomic mass is 32.1. The zero-order chi connectivity index (χ0) is 19.2. The van der Waals surface area contributed by atoms with Crippen LogP contribution in [0.15, 0.2) is 48.8 Å². The van der Waals surface area contributed by atoms with Crippen LogP contribution in [0.2, 0.25) is 0 Å². The summed E-state index contributed by atoms with van der Waals surface area (Å²) in [4.78, 5) is 25.7. The molecule has 1 amide bonds. The SMILES string of the molecule is O=C(CCCCc1nc2ccccc2s1)N1CCN(Cc2ccncc2)CC1. The molecule has 0 saturated carbocycles. The normalized spacial score (nSPS) is 15.2. The molecule has 6 heteroatoms. The van der Waals surface area contributed by atoms with Crippen LogP contribution in [0, 0.1) is 0 Å². The fourth-order valence-corrected chi connectivity index (χ4v) is 4.65. The van der Waals surface area contributed by atoms with Crippen molar-refractivity contribution in [3.8, 4) is 0 Å². The van der Waals surface area contributed by atoms with Crippen LogP contribution < -0.4 is 0 Å². The smallest absolute Gasteiger partial charge is 0.222 e. The molecule has 0 N–H and O–H groups in total. The van der Waals surface area contributed by atoms with Gasteiger partial charge in [0.05, 0.1) is 15.2 Å². The molecule has 4 rings (SSSR count). The van der Waals surface area contributed by atoms with Crippen LogP contribution in [0.5, 0.6) is 0 Å². The zero-order valence-electron chi connectivity index (χ0n) is 16.1. The third kappa shape index (κ3) is 4.94. The second-order valence-electron chi connectivity index (χ2n) is 7.29. The summed E-state index contributed by atoms with van der Waals surface area (Å²) in [6, 6.07) is 12.4. The van der Waals surface area contributed by atoms with Crippen molar-refractivity contribution < 1.29 is 4.79 Å². The molecule has 3 aromatic rings. The van der Waals surface area contributed by atoms with Gasteiger partial charge < -0.3 is 4.90 Å². The fraction of sp³-hybridized carbons (Fsp3) is 0.409. The molecule has 1 aliphatic rings. The number of para-hydroxylation sites is 1. The molecule has 1 aromatic carbocycles. The first-order chi connectivity index (χ1) is 13.8. The molecule has 0 unspecified atom stereocenters. The molecule has 0 spiro atoms. The molecular weight excluding hydrogens is 368 g/mol. The third-order valence-electron chi connectivity index (χ3n) is 5.25. The summed E-state index contributed by atoms with van der Waals surface area (Å²) in [5.74, 6) is 0.299. The molecule has 2 aromatic heterocycles. The Morgan fingerprint density at radius 2 is 1.79 bits per heavy atom. The second-order valence-corrected chi connectivity index (χ2v) is 8.41. The average molecular weight is 395 g/mol. The number of hydrogen-bond donors (Lipinski definition) is 0. The minimum atomic E-state index is 0.299. The van der Waals surface area contributed by atoms with Gasteiger partial charge in [-0.05, 0) is 49.1 Å². The maximum absolute atomic E-state index is 12.5. The number of carbonyl (C=O) groups is 1. The summed E-state index contributed by atoms with van der Waals surface area (Å²) in [7, 11) is 0. The predicted octanol–water partition coefficient (Wildman–Crippen LogP) is 3.75. The van der Waals surface area contributed by atoms with E-state index in [-0.39, 0.29) is 0 Å². The van der Waals surface area contributed by atoms with Crippen molar-refractivity contribution in [2.75, 3.05) is 26.2 Å². The van der Waals surface area contributed by atoms with Gasteiger partial charge in [0.15, 0.2) is 0 Å². The van der Waals surface area contributed by atoms with Gasteiger partial charge >= 0.3 is 0 Å². The number of nitrogens with zero attached hydrogens (tertiary/aromatic N) is 4. The van der Waals surface area contributed by atoms with Crippen molar-refractivity contribution in [3.05, 3.63) is 59.4 Å². The zero-order valence-corrected chi connectivity index (χ0v) is 16.9. The molecule has 3 heterocycles. The van der Waals surface area contributed by atoms with Crippen LogP contribution in [0.1, 0.15) is 29.8 Å². The van der Waals surface area contributed by atoms with Gasteiger partial charge in [0.1, 0.15) is 0 Å². The standard InChI is InChI=1S/C22H26N4OS/c27-22(8-4-3-7-21-24-19-5-1-2-6-20(19)28-21)26-15-13-25(14-16-26)17-18-9-11-23-12-10-18/h1-2,5-6,9-12H,3-4,7-8,13-17H2. The quantitative estimate of drug-likeness (QED) is 0.573. The van der Waals surface area contributed by atoms with Gasteiger partial charge in [-0.25, -0.2) is 4.98 Å². The topological polar surface area (TPSA) is 49.3 Å². The van der Waals surface area contributed by atoms with E-state index in [1.54, 1.807) is 11.3 Å². The lowest BCUT2D eigenvalue weighted by molar-refractivity contribution is -0.133. The maximum Gasteiger partial charge on any atom is 0.222 e. The molecule has 5 nitrogen and oxygen atoms in total. The number of carbonyl (C=O) groups excluding carboxylic acids is 1. The number of hydrogen-bond acceptors (Lipinski definition) is 5. The first-order valence-corrected chi connectivity index (χ1v) is 10.8. The van der Waals surface area contributed by atoms with E-state index < -0.39 is 0 Å². The van der Waals surface area contributed by atoms with Crippen LogP contribution in [0.4, 0.5) is 0 Å². The molecule has 1 fully saturated rings. The molecule has 146 valence electrons. The van der Waals surface area contributed by atoms with E-state index in [1.165, 1.54) is 15.3 Å². The van der Waals surface area contributed by atoms with Gasteiger partial charge in [-0.15, -0.1) is 11.3 Å². The Morgan fingerprint density at radius 3 is 2.57 bits per heavy atom. The monoisotopic (exact) mass is 394 g/mol. The molecule has 1 aliphatic heterocycles. The second kappa shape index (κ2) is 9.26. The van der Waals surface area contributed by atoms with E-state index in [0.29, 0.717) is 12.3 Å². The molecule has 0 aliphatic carbocycles. The van der Waals surface area contributed by atoms with E-state index in [2.05, 4.69) is 45.2 Å². The van der Waals surface area contributed by atoms with Gasteiger partial charge in [-0.2, -0.15) is 0 Å². The summed E-state index contributed by atoms with van der Waals surface area (Å²) >= 11 is 1.77. The van der Waals surface area contributed by atoms with Crippen LogP contribution >= 0.6 is 11.3 Å². The number of thiazole rings is 1. The highest BCUT2D eigenvalue weighted by molar-refractivity contribution is 7.18.